The Hall–Kier alpha value is -1.30. The monoisotopic (exact) mass is 308 g/mol. The van der Waals surface area contributed by atoms with E-state index in [1.165, 1.54) is 12.8 Å². The van der Waals surface area contributed by atoms with Crippen LogP contribution in [0.4, 0.5) is 0 Å². The van der Waals surface area contributed by atoms with E-state index in [-0.39, 0.29) is 17.9 Å². The van der Waals surface area contributed by atoms with E-state index in [2.05, 4.69) is 29.5 Å². The third kappa shape index (κ3) is 2.93. The lowest BCUT2D eigenvalue weighted by molar-refractivity contribution is -0.127. The van der Waals surface area contributed by atoms with Crippen LogP contribution in [0, 0.1) is 11.3 Å². The fraction of sp³-hybridized carbons (Fsp3) is 0.875. The van der Waals surface area contributed by atoms with Gasteiger partial charge in [-0.05, 0) is 19.3 Å². The second-order valence-corrected chi connectivity index (χ2v) is 7.56. The molecule has 3 aliphatic rings. The highest BCUT2D eigenvalue weighted by Gasteiger charge is 2.59. The molecule has 3 rings (SSSR count). The Kier molecular flexibility index (Phi) is 4.05. The standard InChI is InChI=1S/C16H28N4O2/c1-16(2)13(11-7-8-22-14(11)16)19-15(18-10-5-6-10)17-9-12(21)20(3)4/h10-11,13-14H,5-9H2,1-4H3,(H2,17,18,19). The van der Waals surface area contributed by atoms with Crippen molar-refractivity contribution in [3.63, 3.8) is 0 Å². The van der Waals surface area contributed by atoms with Gasteiger partial charge >= 0.3 is 0 Å². The molecule has 3 atom stereocenters. The zero-order valence-electron chi connectivity index (χ0n) is 14.1. The summed E-state index contributed by atoms with van der Waals surface area (Å²) in [7, 11) is 3.52. The molecule has 1 aliphatic heterocycles. The van der Waals surface area contributed by atoms with Crippen LogP contribution in [-0.4, -0.2) is 62.2 Å². The van der Waals surface area contributed by atoms with Crippen LogP contribution in [0.2, 0.25) is 0 Å². The molecule has 0 aromatic heterocycles. The first-order valence-electron chi connectivity index (χ1n) is 8.29. The number of hydrogen-bond donors (Lipinski definition) is 2. The van der Waals surface area contributed by atoms with E-state index in [9.17, 15) is 4.79 Å². The molecule has 6 heteroatoms. The first-order chi connectivity index (χ1) is 10.4. The third-order valence-electron chi connectivity index (χ3n) is 5.18. The van der Waals surface area contributed by atoms with Crippen molar-refractivity contribution < 1.29 is 9.53 Å². The number of ether oxygens (including phenoxy) is 1. The van der Waals surface area contributed by atoms with E-state index in [0.717, 1.165) is 19.0 Å². The number of aliphatic imine (C=N–C) groups is 1. The summed E-state index contributed by atoms with van der Waals surface area (Å²) in [4.78, 5) is 17.8. The molecule has 3 unspecified atom stereocenters. The molecule has 124 valence electrons. The highest BCUT2D eigenvalue weighted by atomic mass is 16.5. The summed E-state index contributed by atoms with van der Waals surface area (Å²) in [6, 6.07) is 0.874. The Balaban J connectivity index is 1.64. The van der Waals surface area contributed by atoms with Gasteiger partial charge in [0.15, 0.2) is 5.96 Å². The van der Waals surface area contributed by atoms with Gasteiger partial charge in [0, 0.05) is 44.1 Å². The SMILES string of the molecule is CN(C)C(=O)CN=C(NC1CC1)NC1C2CCOC2C1(C)C. The van der Waals surface area contributed by atoms with E-state index >= 15 is 0 Å². The van der Waals surface area contributed by atoms with Gasteiger partial charge in [-0.3, -0.25) is 4.79 Å². The van der Waals surface area contributed by atoms with Crippen molar-refractivity contribution in [3.05, 3.63) is 0 Å². The molecule has 2 aliphatic carbocycles. The van der Waals surface area contributed by atoms with Crippen molar-refractivity contribution in [1.82, 2.24) is 15.5 Å². The fourth-order valence-electron chi connectivity index (χ4n) is 3.61. The van der Waals surface area contributed by atoms with Crippen molar-refractivity contribution in [2.75, 3.05) is 27.2 Å². The second-order valence-electron chi connectivity index (χ2n) is 7.56. The second kappa shape index (κ2) is 5.72. The van der Waals surface area contributed by atoms with E-state index in [1.54, 1.807) is 19.0 Å². The van der Waals surface area contributed by atoms with Gasteiger partial charge in [-0.1, -0.05) is 13.8 Å². The number of carbonyl (C=O) groups excluding carboxylic acids is 1. The van der Waals surface area contributed by atoms with Gasteiger partial charge < -0.3 is 20.3 Å². The van der Waals surface area contributed by atoms with Crippen molar-refractivity contribution in [1.29, 1.82) is 0 Å². The number of hydrogen-bond acceptors (Lipinski definition) is 3. The quantitative estimate of drug-likeness (QED) is 0.589. The number of carbonyl (C=O) groups is 1. The maximum absolute atomic E-state index is 11.8. The van der Waals surface area contributed by atoms with Crippen LogP contribution in [-0.2, 0) is 9.53 Å². The normalized spacial score (nSPS) is 32.9. The van der Waals surface area contributed by atoms with Crippen molar-refractivity contribution in [2.45, 2.75) is 51.3 Å². The Morgan fingerprint density at radius 3 is 2.64 bits per heavy atom. The molecule has 22 heavy (non-hydrogen) atoms. The third-order valence-corrected chi connectivity index (χ3v) is 5.18. The topological polar surface area (TPSA) is 66.0 Å². The van der Waals surface area contributed by atoms with Crippen LogP contribution in [0.3, 0.4) is 0 Å². The lowest BCUT2D eigenvalue weighted by atomic mass is 9.57. The zero-order chi connectivity index (χ0) is 15.9. The summed E-state index contributed by atoms with van der Waals surface area (Å²) in [6.07, 6.45) is 3.84. The van der Waals surface area contributed by atoms with Gasteiger partial charge in [0.2, 0.25) is 5.91 Å². The van der Waals surface area contributed by atoms with Crippen LogP contribution < -0.4 is 10.6 Å². The predicted molar refractivity (Wildman–Crippen MR) is 85.7 cm³/mol. The van der Waals surface area contributed by atoms with Crippen LogP contribution in [0.5, 0.6) is 0 Å². The summed E-state index contributed by atoms with van der Waals surface area (Å²) < 4.78 is 5.84. The summed E-state index contributed by atoms with van der Waals surface area (Å²) in [5.74, 6) is 1.36. The van der Waals surface area contributed by atoms with Gasteiger partial charge in [-0.15, -0.1) is 0 Å². The minimum absolute atomic E-state index is 0.0202. The van der Waals surface area contributed by atoms with Crippen molar-refractivity contribution in [3.8, 4) is 0 Å². The first-order valence-corrected chi connectivity index (χ1v) is 8.29. The number of fused-ring (bicyclic) bond motifs is 1. The molecule has 6 nitrogen and oxygen atoms in total. The summed E-state index contributed by atoms with van der Waals surface area (Å²) in [6.45, 7) is 5.54. The van der Waals surface area contributed by atoms with Crippen molar-refractivity contribution >= 4 is 11.9 Å². The van der Waals surface area contributed by atoms with Crippen molar-refractivity contribution in [2.24, 2.45) is 16.3 Å². The zero-order valence-corrected chi connectivity index (χ0v) is 14.1. The molecule has 1 saturated heterocycles. The lowest BCUT2D eigenvalue weighted by Gasteiger charge is -2.55. The van der Waals surface area contributed by atoms with Gasteiger partial charge in [0.1, 0.15) is 6.54 Å². The Morgan fingerprint density at radius 1 is 1.27 bits per heavy atom. The van der Waals surface area contributed by atoms with Gasteiger partial charge in [-0.2, -0.15) is 0 Å². The number of nitrogens with zero attached hydrogens (tertiary/aromatic N) is 2. The number of rotatable bonds is 4. The molecule has 1 amide bonds. The van der Waals surface area contributed by atoms with Crippen LogP contribution in [0.1, 0.15) is 33.1 Å². The predicted octanol–water partition coefficient (Wildman–Crippen LogP) is 0.586. The Bertz CT molecular complexity index is 471. The molecule has 0 bridgehead atoms. The largest absolute Gasteiger partial charge is 0.377 e. The molecule has 0 aromatic carbocycles. The van der Waals surface area contributed by atoms with Gasteiger partial charge in [-0.25, -0.2) is 4.99 Å². The molecular formula is C16H28N4O2. The highest BCUT2D eigenvalue weighted by molar-refractivity contribution is 5.85. The minimum Gasteiger partial charge on any atom is -0.377 e. The van der Waals surface area contributed by atoms with E-state index in [0.29, 0.717) is 24.1 Å². The Labute approximate surface area is 132 Å². The highest BCUT2D eigenvalue weighted by Crippen LogP contribution is 2.52. The molecule has 3 fully saturated rings. The molecule has 0 radical (unpaired) electrons. The summed E-state index contributed by atoms with van der Waals surface area (Å²) in [5, 5.41) is 7.00. The Morgan fingerprint density at radius 2 is 2.00 bits per heavy atom. The summed E-state index contributed by atoms with van der Waals surface area (Å²) in [5.41, 5.74) is 0.110. The van der Waals surface area contributed by atoms with Crippen LogP contribution >= 0.6 is 0 Å². The molecule has 0 aromatic rings. The number of amides is 1. The average molecular weight is 308 g/mol. The minimum atomic E-state index is 0.0202. The van der Waals surface area contributed by atoms with Crippen LogP contribution in [0.25, 0.3) is 0 Å². The number of guanidine groups is 1. The number of nitrogens with one attached hydrogen (secondary N) is 2. The number of likely N-dealkylation sites (N-methyl/N-ethyl adjacent to an activating group) is 1. The maximum atomic E-state index is 11.8. The lowest BCUT2D eigenvalue weighted by Crippen LogP contribution is -2.68. The molecule has 0 spiro atoms. The average Bonchev–Trinajstić information content (AvgIpc) is 3.15. The van der Waals surface area contributed by atoms with E-state index < -0.39 is 0 Å². The van der Waals surface area contributed by atoms with Crippen LogP contribution in [0.15, 0.2) is 4.99 Å². The van der Waals surface area contributed by atoms with Gasteiger partial charge in [0.25, 0.3) is 0 Å². The maximum Gasteiger partial charge on any atom is 0.243 e. The molecular weight excluding hydrogens is 280 g/mol. The van der Waals surface area contributed by atoms with Gasteiger partial charge in [0.05, 0.1) is 6.10 Å². The first kappa shape index (κ1) is 15.6. The fourth-order valence-corrected chi connectivity index (χ4v) is 3.61. The molecule has 2 N–H and O–H groups in total. The smallest absolute Gasteiger partial charge is 0.243 e. The molecule has 2 saturated carbocycles. The van der Waals surface area contributed by atoms with E-state index in [1.807, 2.05) is 0 Å². The summed E-state index contributed by atoms with van der Waals surface area (Å²) >= 11 is 0. The molecule has 1 heterocycles. The van der Waals surface area contributed by atoms with E-state index in [4.69, 9.17) is 4.74 Å².